The molecule has 0 unspecified atom stereocenters. The third-order valence-electron chi connectivity index (χ3n) is 2.08. The fourth-order valence-electron chi connectivity index (χ4n) is 1.40. The summed E-state index contributed by atoms with van der Waals surface area (Å²) in [4.78, 5) is 7.50. The van der Waals surface area contributed by atoms with Crippen LogP contribution in [0.4, 0.5) is 18.9 Å². The summed E-state index contributed by atoms with van der Waals surface area (Å²) in [6.45, 7) is -1.20. The molecule has 5 nitrogen and oxygen atoms in total. The quantitative estimate of drug-likeness (QED) is 0.819. The molecule has 0 amide bonds. The zero-order valence-electron chi connectivity index (χ0n) is 8.36. The van der Waals surface area contributed by atoms with Gasteiger partial charge in [0.2, 0.25) is 0 Å². The second-order valence-corrected chi connectivity index (χ2v) is 3.37. The van der Waals surface area contributed by atoms with Crippen molar-refractivity contribution in [1.82, 2.24) is 14.5 Å². The number of nitrogens with zero attached hydrogens (tertiary/aromatic N) is 4. The summed E-state index contributed by atoms with van der Waals surface area (Å²) in [5.41, 5.74) is 5.68. The van der Waals surface area contributed by atoms with Crippen molar-refractivity contribution in [2.75, 3.05) is 5.73 Å². The van der Waals surface area contributed by atoms with E-state index in [0.29, 0.717) is 0 Å². The molecule has 0 bridgehead atoms. The van der Waals surface area contributed by atoms with E-state index in [1.54, 1.807) is 6.07 Å². The lowest BCUT2D eigenvalue weighted by molar-refractivity contribution is -0.140. The Kier molecular flexibility index (Phi) is 2.38. The van der Waals surface area contributed by atoms with E-state index in [1.165, 1.54) is 6.07 Å². The van der Waals surface area contributed by atoms with Crippen LogP contribution in [0.25, 0.3) is 11.2 Å². The lowest BCUT2D eigenvalue weighted by Gasteiger charge is -2.07. The van der Waals surface area contributed by atoms with Gasteiger partial charge < -0.3 is 10.3 Å². The summed E-state index contributed by atoms with van der Waals surface area (Å²) in [6.07, 6.45) is -3.35. The van der Waals surface area contributed by atoms with Gasteiger partial charge in [-0.1, -0.05) is 0 Å². The number of nitrogens with two attached hydrogens (primary N) is 1. The van der Waals surface area contributed by atoms with Crippen LogP contribution in [0.2, 0.25) is 0 Å². The average Bonchev–Trinajstić information content (AvgIpc) is 2.57. The largest absolute Gasteiger partial charge is 0.406 e. The molecule has 88 valence electrons. The molecule has 2 aromatic heterocycles. The standard InChI is InChI=1S/C9H6F3N5/c10-9(11,12)3-17-4-15-6-1-5(14)7(2-13)16-8(6)17/h1,4H,3,14H2. The van der Waals surface area contributed by atoms with Gasteiger partial charge in [-0.25, -0.2) is 9.97 Å². The molecule has 0 aliphatic rings. The second kappa shape index (κ2) is 3.62. The minimum atomic E-state index is -4.37. The van der Waals surface area contributed by atoms with E-state index >= 15 is 0 Å². The fraction of sp³-hybridized carbons (Fsp3) is 0.222. The number of hydrogen-bond donors (Lipinski definition) is 1. The summed E-state index contributed by atoms with van der Waals surface area (Å²) >= 11 is 0. The minimum absolute atomic E-state index is 0.00641. The van der Waals surface area contributed by atoms with Crippen LogP contribution in [-0.2, 0) is 6.54 Å². The summed E-state index contributed by atoms with van der Waals surface area (Å²) in [5.74, 6) is 0. The number of imidazole rings is 1. The molecule has 0 saturated heterocycles. The highest BCUT2D eigenvalue weighted by Gasteiger charge is 2.29. The van der Waals surface area contributed by atoms with Crippen LogP contribution in [0.1, 0.15) is 5.69 Å². The highest BCUT2D eigenvalue weighted by molar-refractivity contribution is 5.76. The van der Waals surface area contributed by atoms with E-state index in [9.17, 15) is 13.2 Å². The number of anilines is 1. The maximum absolute atomic E-state index is 12.2. The van der Waals surface area contributed by atoms with Gasteiger partial charge >= 0.3 is 6.18 Å². The van der Waals surface area contributed by atoms with Gasteiger partial charge in [-0.3, -0.25) is 0 Å². The first-order valence-electron chi connectivity index (χ1n) is 4.49. The van der Waals surface area contributed by atoms with E-state index < -0.39 is 12.7 Å². The maximum Gasteiger partial charge on any atom is 0.406 e. The minimum Gasteiger partial charge on any atom is -0.396 e. The summed E-state index contributed by atoms with van der Waals surface area (Å²) in [7, 11) is 0. The van der Waals surface area contributed by atoms with Crippen LogP contribution < -0.4 is 5.73 Å². The van der Waals surface area contributed by atoms with Gasteiger partial charge in [-0.15, -0.1) is 0 Å². The van der Waals surface area contributed by atoms with Crippen LogP contribution >= 0.6 is 0 Å². The van der Waals surface area contributed by atoms with Gasteiger partial charge in [-0.05, 0) is 6.07 Å². The van der Waals surface area contributed by atoms with Gasteiger partial charge in [-0.2, -0.15) is 18.4 Å². The van der Waals surface area contributed by atoms with Crippen molar-refractivity contribution in [3.8, 4) is 6.07 Å². The number of nitriles is 1. The molecule has 0 radical (unpaired) electrons. The number of fused-ring (bicyclic) bond motifs is 1. The van der Waals surface area contributed by atoms with E-state index in [0.717, 1.165) is 10.9 Å². The van der Waals surface area contributed by atoms with Crippen LogP contribution in [0, 0.1) is 11.3 Å². The molecule has 0 aromatic carbocycles. The van der Waals surface area contributed by atoms with Gasteiger partial charge in [0.05, 0.1) is 12.0 Å². The number of aromatic nitrogens is 3. The van der Waals surface area contributed by atoms with E-state index in [1.807, 2.05) is 0 Å². The second-order valence-electron chi connectivity index (χ2n) is 3.37. The Morgan fingerprint density at radius 3 is 2.76 bits per heavy atom. The first kappa shape index (κ1) is 11.2. The van der Waals surface area contributed by atoms with Crippen molar-refractivity contribution in [2.24, 2.45) is 0 Å². The van der Waals surface area contributed by atoms with Crippen molar-refractivity contribution in [3.05, 3.63) is 18.1 Å². The Balaban J connectivity index is 2.57. The Labute approximate surface area is 93.3 Å². The zero-order chi connectivity index (χ0) is 12.6. The Bertz CT molecular complexity index is 607. The molecule has 0 aliphatic heterocycles. The number of pyridine rings is 1. The van der Waals surface area contributed by atoms with Gasteiger partial charge in [0.15, 0.2) is 11.3 Å². The first-order valence-corrected chi connectivity index (χ1v) is 4.49. The molecule has 17 heavy (non-hydrogen) atoms. The molecule has 2 N–H and O–H groups in total. The van der Waals surface area contributed by atoms with Crippen molar-refractivity contribution in [2.45, 2.75) is 12.7 Å². The van der Waals surface area contributed by atoms with E-state index in [-0.39, 0.29) is 22.5 Å². The Morgan fingerprint density at radius 1 is 1.47 bits per heavy atom. The summed E-state index contributed by atoms with van der Waals surface area (Å²) in [5, 5.41) is 8.69. The average molecular weight is 241 g/mol. The third-order valence-corrected chi connectivity index (χ3v) is 2.08. The molecule has 0 atom stereocenters. The van der Waals surface area contributed by atoms with Crippen LogP contribution in [0.5, 0.6) is 0 Å². The van der Waals surface area contributed by atoms with Crippen LogP contribution in [-0.4, -0.2) is 20.7 Å². The van der Waals surface area contributed by atoms with Gasteiger partial charge in [0.25, 0.3) is 0 Å². The van der Waals surface area contributed by atoms with Crippen molar-refractivity contribution >= 4 is 16.9 Å². The summed E-state index contributed by atoms with van der Waals surface area (Å²) in [6, 6.07) is 3.04. The molecule has 0 saturated carbocycles. The van der Waals surface area contributed by atoms with E-state index in [2.05, 4.69) is 9.97 Å². The highest BCUT2D eigenvalue weighted by Crippen LogP contribution is 2.22. The molecule has 8 heteroatoms. The fourth-order valence-corrected chi connectivity index (χ4v) is 1.40. The number of halogens is 3. The molecule has 0 spiro atoms. The van der Waals surface area contributed by atoms with Crippen LogP contribution in [0.3, 0.4) is 0 Å². The molecule has 0 fully saturated rings. The SMILES string of the molecule is N#Cc1nc2c(cc1N)ncn2CC(F)(F)F. The third kappa shape index (κ3) is 2.13. The molecule has 2 aromatic rings. The first-order chi connectivity index (χ1) is 7.90. The number of nitrogen functional groups attached to an aromatic ring is 1. The maximum atomic E-state index is 12.2. The zero-order valence-corrected chi connectivity index (χ0v) is 8.36. The van der Waals surface area contributed by atoms with Gasteiger partial charge in [0, 0.05) is 0 Å². The lowest BCUT2D eigenvalue weighted by atomic mass is 10.3. The predicted octanol–water partition coefficient (Wildman–Crippen LogP) is 1.45. The molecule has 2 rings (SSSR count). The number of rotatable bonds is 1. The Hall–Kier alpha value is -2.30. The van der Waals surface area contributed by atoms with Crippen molar-refractivity contribution < 1.29 is 13.2 Å². The van der Waals surface area contributed by atoms with Crippen molar-refractivity contribution in [1.29, 1.82) is 5.26 Å². The molecular weight excluding hydrogens is 235 g/mol. The van der Waals surface area contributed by atoms with Crippen molar-refractivity contribution in [3.63, 3.8) is 0 Å². The smallest absolute Gasteiger partial charge is 0.396 e. The topological polar surface area (TPSA) is 80.5 Å². The monoisotopic (exact) mass is 241 g/mol. The lowest BCUT2D eigenvalue weighted by Crippen LogP contribution is -2.17. The molecule has 2 heterocycles. The predicted molar refractivity (Wildman–Crippen MR) is 52.7 cm³/mol. The summed E-state index contributed by atoms with van der Waals surface area (Å²) < 4.78 is 37.6. The molecular formula is C9H6F3N5. The highest BCUT2D eigenvalue weighted by atomic mass is 19.4. The Morgan fingerprint density at radius 2 is 2.18 bits per heavy atom. The van der Waals surface area contributed by atoms with Gasteiger partial charge in [0.1, 0.15) is 18.1 Å². The normalized spacial score (nSPS) is 11.6. The number of hydrogen-bond acceptors (Lipinski definition) is 4. The number of alkyl halides is 3. The van der Waals surface area contributed by atoms with E-state index in [4.69, 9.17) is 11.0 Å². The molecule has 0 aliphatic carbocycles. The van der Waals surface area contributed by atoms with Crippen LogP contribution in [0.15, 0.2) is 12.4 Å².